The van der Waals surface area contributed by atoms with Crippen LogP contribution in [0.5, 0.6) is 0 Å². The molecule has 3 fully saturated rings. The van der Waals surface area contributed by atoms with Gasteiger partial charge in [-0.05, 0) is 53.4 Å². The molecule has 1 saturated heterocycles. The number of nitrogens with two attached hydrogens (primary N) is 1. The minimum absolute atomic E-state index is 0.0549. The zero-order chi connectivity index (χ0) is 37.1. The van der Waals surface area contributed by atoms with E-state index >= 15 is 0 Å². The standard InChI is InChI=1S/C34H59N7O7S/c1-10-15-36-29(44)26(42)22(17-20-12-13-20)37-28(43)25-24-21(34(24,8)9)18-41(25)30(45)27(33(5,6)7)39-31(46)38-23(32(2,3)4)19-40(49(47)48)16-11-14-35/h10,20-25,27H,1,11-19,35H2,2-9H3,(H,36,44)(H,37,43)(H,47,48)(H2,38,39,46)/t21?,22?,23-,24+,25+,27-/m1/s1. The van der Waals surface area contributed by atoms with Crippen molar-refractivity contribution in [1.82, 2.24) is 30.5 Å². The quantitative estimate of drug-likeness (QED) is 0.0741. The number of piperidine rings is 1. The molecule has 0 bridgehead atoms. The molecule has 3 unspecified atom stereocenters. The average molecular weight is 710 g/mol. The van der Waals surface area contributed by atoms with Crippen molar-refractivity contribution in [2.45, 2.75) is 105 Å². The highest BCUT2D eigenvalue weighted by molar-refractivity contribution is 7.76. The molecular weight excluding hydrogens is 650 g/mol. The molecule has 1 aliphatic heterocycles. The van der Waals surface area contributed by atoms with Gasteiger partial charge in [0.25, 0.3) is 5.91 Å². The Balaban J connectivity index is 1.82. The highest BCUT2D eigenvalue weighted by Gasteiger charge is 2.70. The smallest absolute Gasteiger partial charge is 0.315 e. The summed E-state index contributed by atoms with van der Waals surface area (Å²) in [5.41, 5.74) is 4.13. The Morgan fingerprint density at radius 3 is 2.20 bits per heavy atom. The van der Waals surface area contributed by atoms with Crippen LogP contribution >= 0.6 is 0 Å². The molecule has 0 aromatic carbocycles. The summed E-state index contributed by atoms with van der Waals surface area (Å²) >= 11 is -2.28. The molecule has 0 spiro atoms. The Morgan fingerprint density at radius 2 is 1.69 bits per heavy atom. The van der Waals surface area contributed by atoms with Gasteiger partial charge in [-0.2, -0.15) is 4.31 Å². The molecule has 0 radical (unpaired) electrons. The summed E-state index contributed by atoms with van der Waals surface area (Å²) in [7, 11) is 0. The van der Waals surface area contributed by atoms with Crippen molar-refractivity contribution in [3.63, 3.8) is 0 Å². The van der Waals surface area contributed by atoms with E-state index < -0.39 is 75.8 Å². The van der Waals surface area contributed by atoms with E-state index in [-0.39, 0.29) is 42.8 Å². The molecule has 2 aliphatic carbocycles. The van der Waals surface area contributed by atoms with Crippen LogP contribution in [0.2, 0.25) is 0 Å². The second-order valence-electron chi connectivity index (χ2n) is 16.6. The fraction of sp³-hybridized carbons (Fsp3) is 0.794. The lowest BCUT2D eigenvalue weighted by molar-refractivity contribution is -0.145. The first-order valence-electron chi connectivity index (χ1n) is 17.3. The van der Waals surface area contributed by atoms with E-state index in [1.807, 2.05) is 41.5 Å². The number of ketones is 1. The fourth-order valence-corrected chi connectivity index (χ4v) is 7.35. The fourth-order valence-electron chi connectivity index (χ4n) is 6.78. The molecule has 15 heteroatoms. The van der Waals surface area contributed by atoms with E-state index in [2.05, 4.69) is 41.7 Å². The van der Waals surface area contributed by atoms with Gasteiger partial charge in [-0.15, -0.1) is 6.58 Å². The Bertz CT molecular complexity index is 1290. The first-order valence-corrected chi connectivity index (χ1v) is 18.4. The first kappa shape index (κ1) is 40.5. The number of amides is 5. The second kappa shape index (κ2) is 16.0. The maximum absolute atomic E-state index is 14.4. The van der Waals surface area contributed by atoms with Gasteiger partial charge in [0.05, 0.1) is 6.04 Å². The van der Waals surface area contributed by atoms with Crippen molar-refractivity contribution in [3.05, 3.63) is 12.7 Å². The topological polar surface area (TPSA) is 203 Å². The van der Waals surface area contributed by atoms with Crippen molar-refractivity contribution in [2.75, 3.05) is 32.7 Å². The second-order valence-corrected chi connectivity index (χ2v) is 17.6. The molecule has 0 aromatic rings. The van der Waals surface area contributed by atoms with Gasteiger partial charge >= 0.3 is 6.03 Å². The van der Waals surface area contributed by atoms with Crippen LogP contribution < -0.4 is 27.0 Å². The molecule has 278 valence electrons. The van der Waals surface area contributed by atoms with Crippen LogP contribution in [0.15, 0.2) is 12.7 Å². The maximum atomic E-state index is 14.4. The van der Waals surface area contributed by atoms with E-state index in [1.165, 1.54) is 15.3 Å². The minimum atomic E-state index is -2.28. The number of likely N-dealkylation sites (tertiary alicyclic amines) is 1. The van der Waals surface area contributed by atoms with Gasteiger partial charge in [0.1, 0.15) is 12.1 Å². The summed E-state index contributed by atoms with van der Waals surface area (Å²) in [6.07, 6.45) is 4.15. The maximum Gasteiger partial charge on any atom is 0.315 e. The summed E-state index contributed by atoms with van der Waals surface area (Å²) in [6, 6.07) is -4.12. The number of fused-ring (bicyclic) bond motifs is 1. The lowest BCUT2D eigenvalue weighted by atomic mass is 9.85. The van der Waals surface area contributed by atoms with Crippen molar-refractivity contribution in [3.8, 4) is 0 Å². The van der Waals surface area contributed by atoms with Gasteiger partial charge in [-0.1, -0.05) is 74.3 Å². The number of nitrogens with zero attached hydrogens (tertiary/aromatic N) is 2. The number of hydrogen-bond donors (Lipinski definition) is 6. The molecule has 2 saturated carbocycles. The van der Waals surface area contributed by atoms with Crippen molar-refractivity contribution in [2.24, 2.45) is 39.7 Å². The van der Waals surface area contributed by atoms with E-state index in [4.69, 9.17) is 5.73 Å². The number of carbonyl (C=O) groups is 5. The molecule has 0 aromatic heterocycles. The highest BCUT2D eigenvalue weighted by Crippen LogP contribution is 2.65. The Morgan fingerprint density at radius 1 is 1.06 bits per heavy atom. The molecule has 3 rings (SSSR count). The molecule has 49 heavy (non-hydrogen) atoms. The van der Waals surface area contributed by atoms with Crippen LogP contribution in [0, 0.1) is 34.0 Å². The number of Topliss-reactive ketones (excluding diaryl/α,β-unsaturated/α-hetero) is 1. The van der Waals surface area contributed by atoms with Crippen LogP contribution in [-0.2, 0) is 30.4 Å². The molecule has 7 atom stereocenters. The SMILES string of the molecule is C=CCNC(=O)C(=O)C(CC1CC1)NC(=O)[C@@H]1[C@@H]2C(CN1C(=O)[C@@H](NC(=O)N[C@H](CN(CCCN)S(=O)O)C(C)(C)C)C(C)(C)C)C2(C)C. The predicted molar refractivity (Wildman–Crippen MR) is 188 cm³/mol. The van der Waals surface area contributed by atoms with Gasteiger partial charge in [0.15, 0.2) is 0 Å². The van der Waals surface area contributed by atoms with E-state index in [9.17, 15) is 32.7 Å². The van der Waals surface area contributed by atoms with Gasteiger partial charge in [-0.3, -0.25) is 23.7 Å². The summed E-state index contributed by atoms with van der Waals surface area (Å²) in [5, 5.41) is 11.1. The van der Waals surface area contributed by atoms with Crippen LogP contribution in [-0.4, -0.2) is 104 Å². The lowest BCUT2D eigenvalue weighted by Crippen LogP contribution is -2.62. The molecule has 14 nitrogen and oxygen atoms in total. The van der Waals surface area contributed by atoms with E-state index in [0.717, 1.165) is 12.8 Å². The van der Waals surface area contributed by atoms with Crippen LogP contribution in [0.3, 0.4) is 0 Å². The number of nitrogens with one attached hydrogen (secondary N) is 4. The van der Waals surface area contributed by atoms with Crippen LogP contribution in [0.4, 0.5) is 4.79 Å². The number of rotatable bonds is 17. The zero-order valence-electron chi connectivity index (χ0n) is 30.5. The van der Waals surface area contributed by atoms with Gasteiger partial charge in [0, 0.05) is 32.2 Å². The Hall–Kier alpha value is -2.88. The van der Waals surface area contributed by atoms with Gasteiger partial charge in [0.2, 0.25) is 28.9 Å². The third-order valence-electron chi connectivity index (χ3n) is 10.2. The van der Waals surface area contributed by atoms with Gasteiger partial charge in [-0.25, -0.2) is 9.00 Å². The molecule has 3 aliphatic rings. The lowest BCUT2D eigenvalue weighted by Gasteiger charge is -2.39. The first-order chi connectivity index (χ1) is 22.6. The third kappa shape index (κ3) is 10.3. The summed E-state index contributed by atoms with van der Waals surface area (Å²) in [5.74, 6) is -2.28. The number of hydrogen-bond acceptors (Lipinski definition) is 7. The van der Waals surface area contributed by atoms with Crippen LogP contribution in [0.1, 0.15) is 81.1 Å². The van der Waals surface area contributed by atoms with Crippen molar-refractivity contribution < 1.29 is 32.7 Å². The van der Waals surface area contributed by atoms with Crippen molar-refractivity contribution in [1.29, 1.82) is 0 Å². The highest BCUT2D eigenvalue weighted by atomic mass is 32.2. The number of carbonyl (C=O) groups excluding carboxylic acids is 5. The van der Waals surface area contributed by atoms with Gasteiger partial charge < -0.3 is 31.9 Å². The predicted octanol–water partition coefficient (Wildman–Crippen LogP) is 1.54. The Kier molecular flexibility index (Phi) is 13.2. The van der Waals surface area contributed by atoms with E-state index in [0.29, 0.717) is 25.9 Å². The van der Waals surface area contributed by atoms with E-state index in [1.54, 1.807) is 0 Å². The Labute approximate surface area is 293 Å². The monoisotopic (exact) mass is 709 g/mol. The third-order valence-corrected chi connectivity index (χ3v) is 11.0. The number of urea groups is 1. The van der Waals surface area contributed by atoms with Crippen LogP contribution in [0.25, 0.3) is 0 Å². The largest absolute Gasteiger partial charge is 0.346 e. The summed E-state index contributed by atoms with van der Waals surface area (Å²) in [6.45, 7) is 19.9. The minimum Gasteiger partial charge on any atom is -0.346 e. The van der Waals surface area contributed by atoms with Crippen molar-refractivity contribution >= 4 is 40.8 Å². The zero-order valence-corrected chi connectivity index (χ0v) is 31.3. The molecule has 7 N–H and O–H groups in total. The molecule has 5 amide bonds. The molecule has 1 heterocycles. The normalized spacial score (nSPS) is 23.8. The molecular formula is C34H59N7O7S. The average Bonchev–Trinajstić information content (AvgIpc) is 3.85. The summed E-state index contributed by atoms with van der Waals surface area (Å²) < 4.78 is 23.2. The summed E-state index contributed by atoms with van der Waals surface area (Å²) in [4.78, 5) is 69.2.